The summed E-state index contributed by atoms with van der Waals surface area (Å²) in [4.78, 5) is 3.80. The Hall–Kier alpha value is -0.940. The maximum absolute atomic E-state index is 10.1. The first-order valence-corrected chi connectivity index (χ1v) is 4.23. The molecule has 0 aliphatic rings. The number of hydrogen-bond donors (Lipinski definition) is 1. The molecule has 1 unspecified atom stereocenters. The maximum atomic E-state index is 10.1. The molecule has 0 radical (unpaired) electrons. The van der Waals surface area contributed by atoms with E-state index in [-0.39, 0.29) is 5.88 Å². The van der Waals surface area contributed by atoms with E-state index in [1.165, 1.54) is 0 Å². The van der Waals surface area contributed by atoms with Crippen LogP contribution in [0.5, 0.6) is 0 Å². The molecule has 1 aromatic rings. The fourth-order valence-electron chi connectivity index (χ4n) is 0.610. The van der Waals surface area contributed by atoms with Gasteiger partial charge in [-0.3, -0.25) is 9.19 Å². The fraction of sp³-hybridized carbons (Fsp3) is 0.167. The molecule has 5 heteroatoms. The van der Waals surface area contributed by atoms with E-state index in [2.05, 4.69) is 10.3 Å². The van der Waals surface area contributed by atoms with Crippen molar-refractivity contribution >= 4 is 16.8 Å². The van der Waals surface area contributed by atoms with Crippen molar-refractivity contribution in [3.63, 3.8) is 0 Å². The van der Waals surface area contributed by atoms with E-state index in [0.29, 0.717) is 5.69 Å². The molecule has 1 rings (SSSR count). The molecular formula is C6H7N2O2S-. The first kappa shape index (κ1) is 8.16. The summed E-state index contributed by atoms with van der Waals surface area (Å²) in [6, 6.07) is 3.48. The zero-order chi connectivity index (χ0) is 8.10. The third-order valence-corrected chi connectivity index (χ3v) is 1.44. The molecule has 1 aromatic heterocycles. The van der Waals surface area contributed by atoms with E-state index in [1.54, 1.807) is 24.5 Å². The summed E-state index contributed by atoms with van der Waals surface area (Å²) < 4.78 is 20.2. The number of nitrogens with zero attached hydrogens (tertiary/aromatic N) is 1. The predicted octanol–water partition coefficient (Wildman–Crippen LogP) is 0.330. The molecule has 0 aliphatic heterocycles. The van der Waals surface area contributed by atoms with E-state index in [0.717, 1.165) is 0 Å². The third kappa shape index (κ3) is 3.10. The number of rotatable bonds is 3. The number of hydrogen-bond acceptors (Lipinski definition) is 4. The van der Waals surface area contributed by atoms with Crippen molar-refractivity contribution < 1.29 is 8.76 Å². The Bertz CT molecular complexity index is 240. The average molecular weight is 171 g/mol. The van der Waals surface area contributed by atoms with Gasteiger partial charge in [-0.15, -0.1) is 0 Å². The Balaban J connectivity index is 2.45. The summed E-state index contributed by atoms with van der Waals surface area (Å²) in [6.07, 6.45) is 3.19. The van der Waals surface area contributed by atoms with Crippen molar-refractivity contribution in [3.8, 4) is 0 Å². The molecule has 0 saturated carbocycles. The lowest BCUT2D eigenvalue weighted by atomic mass is 10.4. The Labute approximate surface area is 66.9 Å². The molecule has 0 aromatic carbocycles. The van der Waals surface area contributed by atoms with Crippen molar-refractivity contribution in [3.05, 3.63) is 24.5 Å². The van der Waals surface area contributed by atoms with Crippen molar-refractivity contribution in [2.75, 3.05) is 11.2 Å². The zero-order valence-electron chi connectivity index (χ0n) is 5.69. The highest BCUT2D eigenvalue weighted by atomic mass is 32.2. The lowest BCUT2D eigenvalue weighted by Crippen LogP contribution is -2.06. The molecule has 1 atom stereocenters. The van der Waals surface area contributed by atoms with E-state index < -0.39 is 11.1 Å². The van der Waals surface area contributed by atoms with E-state index in [9.17, 15) is 8.76 Å². The molecule has 60 valence electrons. The number of nitrogens with one attached hydrogen (secondary N) is 1. The van der Waals surface area contributed by atoms with Gasteiger partial charge in [-0.25, -0.2) is 0 Å². The van der Waals surface area contributed by atoms with Gasteiger partial charge in [0, 0.05) is 12.4 Å². The normalized spacial score (nSPS) is 12.5. The molecular weight excluding hydrogens is 164 g/mol. The van der Waals surface area contributed by atoms with Crippen LogP contribution in [0, 0.1) is 0 Å². The molecule has 1 N–H and O–H groups in total. The van der Waals surface area contributed by atoms with Crippen molar-refractivity contribution in [2.24, 2.45) is 0 Å². The smallest absolute Gasteiger partial charge is 0.0778 e. The zero-order valence-corrected chi connectivity index (χ0v) is 6.50. The summed E-state index contributed by atoms with van der Waals surface area (Å²) in [5.41, 5.74) is 0.705. The monoisotopic (exact) mass is 171 g/mol. The van der Waals surface area contributed by atoms with Crippen LogP contribution in [0.15, 0.2) is 24.5 Å². The molecule has 0 spiro atoms. The lowest BCUT2D eigenvalue weighted by Gasteiger charge is -2.06. The Morgan fingerprint density at radius 1 is 1.73 bits per heavy atom. The van der Waals surface area contributed by atoms with Crippen LogP contribution < -0.4 is 5.32 Å². The number of anilines is 1. The molecule has 0 bridgehead atoms. The first-order valence-electron chi connectivity index (χ1n) is 2.99. The maximum Gasteiger partial charge on any atom is 0.0778 e. The third-order valence-electron chi connectivity index (χ3n) is 1.06. The molecule has 0 amide bonds. The Morgan fingerprint density at radius 2 is 2.55 bits per heavy atom. The molecule has 11 heavy (non-hydrogen) atoms. The topological polar surface area (TPSA) is 65.0 Å². The standard InChI is InChI=1S/C6H8N2O2S/c9-11(10)5-8-6-2-1-3-7-4-6/h1-4,8H,5H2,(H,9,10)/p-1. The summed E-state index contributed by atoms with van der Waals surface area (Å²) in [7, 11) is 0. The van der Waals surface area contributed by atoms with Gasteiger partial charge in [0.2, 0.25) is 0 Å². The van der Waals surface area contributed by atoms with Crippen LogP contribution in [0.2, 0.25) is 0 Å². The number of pyridine rings is 1. The minimum absolute atomic E-state index is 0.0777. The summed E-state index contributed by atoms with van der Waals surface area (Å²) in [6.45, 7) is 0. The second-order valence-electron chi connectivity index (χ2n) is 1.87. The van der Waals surface area contributed by atoms with E-state index >= 15 is 0 Å². The van der Waals surface area contributed by atoms with Crippen LogP contribution in [-0.2, 0) is 11.1 Å². The summed E-state index contributed by atoms with van der Waals surface area (Å²) >= 11 is -2.05. The minimum Gasteiger partial charge on any atom is -0.771 e. The highest BCUT2D eigenvalue weighted by Crippen LogP contribution is 2.01. The highest BCUT2D eigenvalue weighted by Gasteiger charge is 1.87. The second-order valence-corrected chi connectivity index (χ2v) is 2.76. The largest absolute Gasteiger partial charge is 0.771 e. The molecule has 0 fully saturated rings. The average Bonchev–Trinajstić information content (AvgIpc) is 2.03. The minimum atomic E-state index is -2.05. The second kappa shape index (κ2) is 4.05. The molecule has 0 saturated heterocycles. The van der Waals surface area contributed by atoms with E-state index in [1.807, 2.05) is 0 Å². The van der Waals surface area contributed by atoms with Crippen LogP contribution in [0.3, 0.4) is 0 Å². The highest BCUT2D eigenvalue weighted by molar-refractivity contribution is 7.79. The van der Waals surface area contributed by atoms with Crippen LogP contribution in [0.1, 0.15) is 0 Å². The van der Waals surface area contributed by atoms with Crippen molar-refractivity contribution in [1.29, 1.82) is 0 Å². The van der Waals surface area contributed by atoms with Crippen LogP contribution in [-0.4, -0.2) is 19.6 Å². The van der Waals surface area contributed by atoms with E-state index in [4.69, 9.17) is 0 Å². The van der Waals surface area contributed by atoms with Gasteiger partial charge in [-0.2, -0.15) is 0 Å². The fourth-order valence-corrected chi connectivity index (χ4v) is 0.894. The van der Waals surface area contributed by atoms with Gasteiger partial charge in [0.05, 0.1) is 11.6 Å². The van der Waals surface area contributed by atoms with Crippen molar-refractivity contribution in [2.45, 2.75) is 0 Å². The molecule has 4 nitrogen and oxygen atoms in total. The molecule has 1 heterocycles. The molecule has 0 aliphatic carbocycles. The Morgan fingerprint density at radius 3 is 3.09 bits per heavy atom. The van der Waals surface area contributed by atoms with Crippen LogP contribution in [0.4, 0.5) is 5.69 Å². The predicted molar refractivity (Wildman–Crippen MR) is 41.6 cm³/mol. The summed E-state index contributed by atoms with van der Waals surface area (Å²) in [5, 5.41) is 2.67. The van der Waals surface area contributed by atoms with Gasteiger partial charge >= 0.3 is 0 Å². The quantitative estimate of drug-likeness (QED) is 0.665. The van der Waals surface area contributed by atoms with Crippen LogP contribution >= 0.6 is 0 Å². The van der Waals surface area contributed by atoms with Gasteiger partial charge in [0.15, 0.2) is 0 Å². The SMILES string of the molecule is O=S([O-])CNc1cccnc1. The van der Waals surface area contributed by atoms with Crippen LogP contribution in [0.25, 0.3) is 0 Å². The summed E-state index contributed by atoms with van der Waals surface area (Å²) in [5.74, 6) is -0.0777. The lowest BCUT2D eigenvalue weighted by molar-refractivity contribution is 0.539. The van der Waals surface area contributed by atoms with Gasteiger partial charge in [-0.05, 0) is 23.2 Å². The Kier molecular flexibility index (Phi) is 3.00. The van der Waals surface area contributed by atoms with Gasteiger partial charge in [0.25, 0.3) is 0 Å². The first-order chi connectivity index (χ1) is 5.29. The van der Waals surface area contributed by atoms with Gasteiger partial charge < -0.3 is 9.87 Å². The van der Waals surface area contributed by atoms with Gasteiger partial charge in [-0.1, -0.05) is 0 Å². The number of aromatic nitrogens is 1. The van der Waals surface area contributed by atoms with Gasteiger partial charge in [0.1, 0.15) is 0 Å². The van der Waals surface area contributed by atoms with Crippen molar-refractivity contribution in [1.82, 2.24) is 4.98 Å².